The maximum Gasteiger partial charge on any atom is 0.325 e. The Labute approximate surface area is 279 Å². The summed E-state index contributed by atoms with van der Waals surface area (Å²) in [4.78, 5) is 48.5. The van der Waals surface area contributed by atoms with Gasteiger partial charge in [0.15, 0.2) is 0 Å². The zero-order chi connectivity index (χ0) is 33.2. The van der Waals surface area contributed by atoms with Crippen molar-refractivity contribution >= 4 is 68.5 Å². The summed E-state index contributed by atoms with van der Waals surface area (Å²) in [7, 11) is 3.70. The van der Waals surface area contributed by atoms with Crippen molar-refractivity contribution in [2.45, 2.75) is 37.8 Å². The number of nitrogens with two attached hydrogens (primary N) is 1. The van der Waals surface area contributed by atoms with Crippen molar-refractivity contribution in [1.29, 1.82) is 0 Å². The Balaban J connectivity index is 1.60. The first-order chi connectivity index (χ1) is 22.3. The lowest BCUT2D eigenvalue weighted by atomic mass is 10.1. The fraction of sp³-hybridized carbons (Fsp3) is 0.353. The van der Waals surface area contributed by atoms with E-state index in [0.717, 1.165) is 24.8 Å². The zero-order valence-electron chi connectivity index (χ0n) is 26.3. The lowest BCUT2D eigenvalue weighted by Crippen LogP contribution is -2.49. The van der Waals surface area contributed by atoms with Gasteiger partial charge in [-0.15, -0.1) is 0 Å². The first-order valence-electron chi connectivity index (χ1n) is 15.1. The van der Waals surface area contributed by atoms with E-state index >= 15 is 0 Å². The number of benzene rings is 3. The van der Waals surface area contributed by atoms with Gasteiger partial charge >= 0.3 is 11.9 Å². The summed E-state index contributed by atoms with van der Waals surface area (Å²) in [6, 6.07) is 30.6. The molecular formula is C34H43N3O6PS2+. The first kappa shape index (κ1) is 37.1. The van der Waals surface area contributed by atoms with Crippen LogP contribution < -0.4 is 32.3 Å². The molecule has 246 valence electrons. The molecular weight excluding hydrogens is 641 g/mol. The van der Waals surface area contributed by atoms with Crippen molar-refractivity contribution < 1.29 is 28.7 Å². The molecule has 0 aliphatic rings. The van der Waals surface area contributed by atoms with Gasteiger partial charge in [0.25, 0.3) is 0 Å². The van der Waals surface area contributed by atoms with Crippen LogP contribution in [-0.4, -0.2) is 74.3 Å². The van der Waals surface area contributed by atoms with Crippen molar-refractivity contribution in [2.75, 3.05) is 38.4 Å². The molecule has 4 N–H and O–H groups in total. The number of amides is 2. The average molecular weight is 685 g/mol. The van der Waals surface area contributed by atoms with Crippen LogP contribution in [0.5, 0.6) is 0 Å². The molecule has 2 atom stereocenters. The number of hydrogen-bond acceptors (Lipinski definition) is 9. The summed E-state index contributed by atoms with van der Waals surface area (Å²) >= 11 is 0. The molecule has 12 heteroatoms. The summed E-state index contributed by atoms with van der Waals surface area (Å²) in [5.41, 5.74) is 5.74. The molecule has 0 fully saturated rings. The molecule has 0 aromatic heterocycles. The predicted octanol–water partition coefficient (Wildman–Crippen LogP) is 3.20. The van der Waals surface area contributed by atoms with E-state index in [0.29, 0.717) is 5.75 Å². The minimum Gasteiger partial charge on any atom is -0.468 e. The second-order valence-corrected chi connectivity index (χ2v) is 16.7. The molecule has 0 radical (unpaired) electrons. The molecule has 0 bridgehead atoms. The fourth-order valence-corrected chi connectivity index (χ4v) is 11.6. The molecule has 3 aromatic carbocycles. The summed E-state index contributed by atoms with van der Waals surface area (Å²) < 4.78 is 9.20. The highest BCUT2D eigenvalue weighted by Gasteiger charge is 2.44. The smallest absolute Gasteiger partial charge is 0.325 e. The van der Waals surface area contributed by atoms with Crippen molar-refractivity contribution in [3.05, 3.63) is 91.0 Å². The van der Waals surface area contributed by atoms with Crippen molar-refractivity contribution in [3.63, 3.8) is 0 Å². The van der Waals surface area contributed by atoms with Crippen molar-refractivity contribution in [2.24, 2.45) is 5.73 Å². The van der Waals surface area contributed by atoms with Crippen LogP contribution in [0.4, 0.5) is 0 Å². The van der Waals surface area contributed by atoms with E-state index in [2.05, 4.69) is 111 Å². The molecule has 0 aliphatic carbocycles. The second-order valence-electron chi connectivity index (χ2n) is 10.4. The third-order valence-electron chi connectivity index (χ3n) is 7.35. The van der Waals surface area contributed by atoms with Crippen LogP contribution in [0, 0.1) is 0 Å². The van der Waals surface area contributed by atoms with Crippen LogP contribution in [0.25, 0.3) is 0 Å². The van der Waals surface area contributed by atoms with Gasteiger partial charge in [-0.2, -0.15) is 0 Å². The number of unbranched alkanes of at least 4 members (excludes halogenated alkanes) is 1. The largest absolute Gasteiger partial charge is 0.468 e. The van der Waals surface area contributed by atoms with Crippen LogP contribution >= 0.6 is 28.9 Å². The van der Waals surface area contributed by atoms with E-state index < -0.39 is 43.1 Å². The SMILES string of the molecule is COC(=O)CNC(=O)[C@H](CSSCCCC[P+](c1ccccc1)(c1ccccc1)c1ccccc1)NC(=O)CC[C@H](N)C(=O)OC. The molecule has 0 saturated heterocycles. The number of ether oxygens (including phenoxy) is 2. The molecule has 0 heterocycles. The third-order valence-corrected chi connectivity index (χ3v) is 14.4. The average Bonchev–Trinajstić information content (AvgIpc) is 3.10. The van der Waals surface area contributed by atoms with E-state index in [9.17, 15) is 19.2 Å². The highest BCUT2D eigenvalue weighted by molar-refractivity contribution is 8.76. The van der Waals surface area contributed by atoms with E-state index in [1.807, 2.05) is 0 Å². The molecule has 46 heavy (non-hydrogen) atoms. The first-order valence-corrected chi connectivity index (χ1v) is 19.5. The Kier molecular flexibility index (Phi) is 16.1. The summed E-state index contributed by atoms with van der Waals surface area (Å²) in [5.74, 6) is -0.964. The Morgan fingerprint density at radius 3 is 1.83 bits per heavy atom. The number of nitrogens with one attached hydrogen (secondary N) is 2. The number of esters is 2. The zero-order valence-corrected chi connectivity index (χ0v) is 28.8. The van der Waals surface area contributed by atoms with Crippen molar-refractivity contribution in [3.8, 4) is 0 Å². The van der Waals surface area contributed by atoms with Gasteiger partial charge in [-0.05, 0) is 55.7 Å². The summed E-state index contributed by atoms with van der Waals surface area (Å²) in [5, 5.41) is 9.30. The Morgan fingerprint density at radius 1 is 0.783 bits per heavy atom. The molecule has 3 aromatic rings. The Morgan fingerprint density at radius 2 is 1.33 bits per heavy atom. The lowest BCUT2D eigenvalue weighted by Gasteiger charge is -2.27. The standard InChI is InChI=1S/C34H42N3O6PS2/c1-42-32(39)24-36-33(40)30(37-31(38)21-20-29(35)34(41)43-2)25-46-45-23-13-12-22-44(26-14-6-3-7-15-26,27-16-8-4-9-17-27)28-18-10-5-11-19-28/h3-11,14-19,29-30H,12-13,20-25,35H2,1-2H3,(H-,36,37,38,40)/p+1/t29-,30-/m0/s1. The maximum atomic E-state index is 12.8. The maximum absolute atomic E-state index is 12.8. The monoisotopic (exact) mass is 684 g/mol. The highest BCUT2D eigenvalue weighted by Crippen LogP contribution is 2.56. The molecule has 3 rings (SSSR count). The van der Waals surface area contributed by atoms with Crippen molar-refractivity contribution in [1.82, 2.24) is 10.6 Å². The normalized spacial score (nSPS) is 12.4. The van der Waals surface area contributed by atoms with Crippen LogP contribution in [-0.2, 0) is 28.7 Å². The number of carbonyl (C=O) groups excluding carboxylic acids is 4. The number of carbonyl (C=O) groups is 4. The number of methoxy groups -OCH3 is 2. The molecule has 2 amide bonds. The van der Waals surface area contributed by atoms with Gasteiger partial charge in [0.2, 0.25) is 11.8 Å². The van der Waals surface area contributed by atoms with E-state index in [4.69, 9.17) is 5.73 Å². The van der Waals surface area contributed by atoms with E-state index in [-0.39, 0.29) is 19.4 Å². The molecule has 0 unspecified atom stereocenters. The van der Waals surface area contributed by atoms with Crippen LogP contribution in [0.15, 0.2) is 91.0 Å². The van der Waals surface area contributed by atoms with Gasteiger partial charge in [0.05, 0.1) is 20.4 Å². The fourth-order valence-electron chi connectivity index (χ4n) is 4.93. The topological polar surface area (TPSA) is 137 Å². The molecule has 0 saturated carbocycles. The quantitative estimate of drug-likeness (QED) is 0.0753. The minimum atomic E-state index is -1.89. The van der Waals surface area contributed by atoms with Crippen LogP contribution in [0.1, 0.15) is 25.7 Å². The van der Waals surface area contributed by atoms with Gasteiger partial charge in [-0.1, -0.05) is 76.2 Å². The van der Waals surface area contributed by atoms with Gasteiger partial charge in [0.1, 0.15) is 41.8 Å². The molecule has 0 spiro atoms. The van der Waals surface area contributed by atoms with Gasteiger partial charge in [0, 0.05) is 17.9 Å². The van der Waals surface area contributed by atoms with Gasteiger partial charge in [-0.25, -0.2) is 0 Å². The highest BCUT2D eigenvalue weighted by atomic mass is 33.1. The minimum absolute atomic E-state index is 0.0516. The van der Waals surface area contributed by atoms with Gasteiger partial charge < -0.3 is 25.8 Å². The van der Waals surface area contributed by atoms with Crippen LogP contribution in [0.3, 0.4) is 0 Å². The number of rotatable bonds is 19. The predicted molar refractivity (Wildman–Crippen MR) is 190 cm³/mol. The second kappa shape index (κ2) is 20.0. The summed E-state index contributed by atoms with van der Waals surface area (Å²) in [6.45, 7) is -0.304. The molecule has 0 aliphatic heterocycles. The number of hydrogen-bond donors (Lipinski definition) is 3. The van der Waals surface area contributed by atoms with E-state index in [1.165, 1.54) is 40.9 Å². The van der Waals surface area contributed by atoms with E-state index in [1.54, 1.807) is 10.8 Å². The Hall–Kier alpha value is -3.37. The lowest BCUT2D eigenvalue weighted by molar-refractivity contribution is -0.142. The third kappa shape index (κ3) is 11.2. The Bertz CT molecular complexity index is 1290. The van der Waals surface area contributed by atoms with Gasteiger partial charge in [-0.3, -0.25) is 19.2 Å². The molecule has 9 nitrogen and oxygen atoms in total. The summed E-state index contributed by atoms with van der Waals surface area (Å²) in [6.07, 6.45) is 3.04. The van der Waals surface area contributed by atoms with Crippen LogP contribution in [0.2, 0.25) is 0 Å².